The van der Waals surface area contributed by atoms with Crippen LogP contribution in [0.25, 0.3) is 0 Å². The molecule has 5 heteroatoms. The average Bonchev–Trinajstić information content (AvgIpc) is 2.44. The van der Waals surface area contributed by atoms with Gasteiger partial charge in [-0.1, -0.05) is 6.92 Å². The number of ketones is 1. The van der Waals surface area contributed by atoms with Crippen LogP contribution in [0.3, 0.4) is 0 Å². The van der Waals surface area contributed by atoms with Crippen molar-refractivity contribution in [1.82, 2.24) is 9.78 Å². The number of aromatic nitrogens is 2. The normalized spacial score (nSPS) is 12.5. The molecule has 1 aromatic heterocycles. The Hall–Kier alpha value is -1.65. The fourth-order valence-electron chi connectivity index (χ4n) is 1.35. The Morgan fingerprint density at radius 1 is 1.60 bits per heavy atom. The van der Waals surface area contributed by atoms with E-state index in [1.165, 1.54) is 6.92 Å². The summed E-state index contributed by atoms with van der Waals surface area (Å²) in [7, 11) is 1.73. The fourth-order valence-corrected chi connectivity index (χ4v) is 1.35. The molecule has 0 amide bonds. The van der Waals surface area contributed by atoms with Crippen LogP contribution >= 0.6 is 0 Å². The minimum absolute atomic E-state index is 0.0157. The molecule has 5 nitrogen and oxygen atoms in total. The maximum absolute atomic E-state index is 11.7. The lowest BCUT2D eigenvalue weighted by molar-refractivity contribution is -0.141. The number of aryl methyl sites for hydroxylation is 2. The van der Waals surface area contributed by atoms with Crippen LogP contribution in [0, 0.1) is 12.8 Å². The van der Waals surface area contributed by atoms with Crippen molar-refractivity contribution in [3.63, 3.8) is 0 Å². The second kappa shape index (κ2) is 4.25. The molecule has 0 aliphatic rings. The molecule has 1 N–H and O–H groups in total. The fraction of sp³-hybridized carbons (Fsp3) is 0.500. The molecule has 0 radical (unpaired) electrons. The van der Waals surface area contributed by atoms with Gasteiger partial charge >= 0.3 is 5.97 Å². The highest BCUT2D eigenvalue weighted by Gasteiger charge is 2.19. The van der Waals surface area contributed by atoms with E-state index in [9.17, 15) is 9.59 Å². The molecule has 1 heterocycles. The van der Waals surface area contributed by atoms with Crippen LogP contribution in [0.2, 0.25) is 0 Å². The van der Waals surface area contributed by atoms with Gasteiger partial charge in [-0.05, 0) is 6.92 Å². The zero-order valence-corrected chi connectivity index (χ0v) is 9.02. The Labute approximate surface area is 87.7 Å². The number of nitrogens with zero attached hydrogens (tertiary/aromatic N) is 2. The molecule has 0 aliphatic carbocycles. The summed E-state index contributed by atoms with van der Waals surface area (Å²) < 4.78 is 1.55. The van der Waals surface area contributed by atoms with E-state index in [0.717, 1.165) is 0 Å². The molecule has 1 aromatic rings. The minimum Gasteiger partial charge on any atom is -0.481 e. The predicted octanol–water partition coefficient (Wildman–Crippen LogP) is 1.02. The SMILES string of the molecule is Cc1nn(C)cc1C(=O)CC(C)C(=O)O. The van der Waals surface area contributed by atoms with Gasteiger partial charge in [-0.25, -0.2) is 0 Å². The van der Waals surface area contributed by atoms with Gasteiger partial charge in [0.2, 0.25) is 0 Å². The van der Waals surface area contributed by atoms with E-state index in [1.807, 2.05) is 0 Å². The van der Waals surface area contributed by atoms with Gasteiger partial charge in [0.25, 0.3) is 0 Å². The van der Waals surface area contributed by atoms with Gasteiger partial charge in [-0.15, -0.1) is 0 Å². The maximum Gasteiger partial charge on any atom is 0.306 e. The van der Waals surface area contributed by atoms with Crippen molar-refractivity contribution in [2.24, 2.45) is 13.0 Å². The number of carbonyl (C=O) groups excluding carboxylic acids is 1. The third-order valence-electron chi connectivity index (χ3n) is 2.23. The molecule has 0 aliphatic heterocycles. The number of carboxylic acid groups (broad SMARTS) is 1. The highest BCUT2D eigenvalue weighted by atomic mass is 16.4. The average molecular weight is 210 g/mol. The summed E-state index contributed by atoms with van der Waals surface area (Å²) in [5.74, 6) is -1.78. The third kappa shape index (κ3) is 2.65. The van der Waals surface area contributed by atoms with Crippen LogP contribution in [0.1, 0.15) is 29.4 Å². The minimum atomic E-state index is -0.954. The van der Waals surface area contributed by atoms with E-state index >= 15 is 0 Å². The summed E-state index contributed by atoms with van der Waals surface area (Å²) in [6, 6.07) is 0. The van der Waals surface area contributed by atoms with Crippen LogP contribution in [0.15, 0.2) is 6.20 Å². The zero-order chi connectivity index (χ0) is 11.6. The van der Waals surface area contributed by atoms with Crippen LogP contribution in [-0.2, 0) is 11.8 Å². The molecule has 0 bridgehead atoms. The molecule has 0 saturated heterocycles. The van der Waals surface area contributed by atoms with E-state index in [4.69, 9.17) is 5.11 Å². The molecule has 1 atom stereocenters. The van der Waals surface area contributed by atoms with Gasteiger partial charge in [0.1, 0.15) is 0 Å². The summed E-state index contributed by atoms with van der Waals surface area (Å²) in [6.07, 6.45) is 1.63. The second-order valence-corrected chi connectivity index (χ2v) is 3.67. The van der Waals surface area contributed by atoms with Crippen LogP contribution in [0.5, 0.6) is 0 Å². The van der Waals surface area contributed by atoms with Gasteiger partial charge in [0.05, 0.1) is 17.2 Å². The van der Waals surface area contributed by atoms with Crippen molar-refractivity contribution >= 4 is 11.8 Å². The Morgan fingerprint density at radius 3 is 2.60 bits per heavy atom. The summed E-state index contributed by atoms with van der Waals surface area (Å²) in [6.45, 7) is 3.25. The predicted molar refractivity (Wildman–Crippen MR) is 53.7 cm³/mol. The van der Waals surface area contributed by atoms with Gasteiger partial charge in [0, 0.05) is 19.7 Å². The topological polar surface area (TPSA) is 72.2 Å². The Balaban J connectivity index is 2.77. The lowest BCUT2D eigenvalue weighted by Gasteiger charge is -2.03. The number of hydrogen-bond acceptors (Lipinski definition) is 3. The van der Waals surface area contributed by atoms with Crippen molar-refractivity contribution < 1.29 is 14.7 Å². The van der Waals surface area contributed by atoms with Crippen LogP contribution in [-0.4, -0.2) is 26.6 Å². The number of rotatable bonds is 4. The summed E-state index contributed by atoms with van der Waals surface area (Å²) >= 11 is 0. The molecule has 0 fully saturated rings. The lowest BCUT2D eigenvalue weighted by atomic mass is 10.0. The Kier molecular flexibility index (Phi) is 3.24. The molecule has 0 saturated carbocycles. The van der Waals surface area contributed by atoms with Crippen molar-refractivity contribution in [2.45, 2.75) is 20.3 Å². The van der Waals surface area contributed by atoms with Crippen LogP contribution in [0.4, 0.5) is 0 Å². The van der Waals surface area contributed by atoms with Crippen molar-refractivity contribution in [3.05, 3.63) is 17.5 Å². The first-order valence-electron chi connectivity index (χ1n) is 4.68. The number of carbonyl (C=O) groups is 2. The van der Waals surface area contributed by atoms with E-state index < -0.39 is 11.9 Å². The quantitative estimate of drug-likeness (QED) is 0.753. The molecule has 0 spiro atoms. The first-order valence-corrected chi connectivity index (χ1v) is 4.68. The maximum atomic E-state index is 11.7. The molecule has 15 heavy (non-hydrogen) atoms. The Bertz CT molecular complexity index is 395. The highest BCUT2D eigenvalue weighted by Crippen LogP contribution is 2.12. The van der Waals surface area contributed by atoms with Crippen molar-refractivity contribution in [1.29, 1.82) is 0 Å². The monoisotopic (exact) mass is 210 g/mol. The second-order valence-electron chi connectivity index (χ2n) is 3.67. The van der Waals surface area contributed by atoms with Gasteiger partial charge in [-0.3, -0.25) is 14.3 Å². The van der Waals surface area contributed by atoms with E-state index in [-0.39, 0.29) is 12.2 Å². The molecule has 1 unspecified atom stereocenters. The van der Waals surface area contributed by atoms with Crippen molar-refractivity contribution in [2.75, 3.05) is 0 Å². The van der Waals surface area contributed by atoms with Crippen LogP contribution < -0.4 is 0 Å². The highest BCUT2D eigenvalue weighted by molar-refractivity contribution is 5.98. The third-order valence-corrected chi connectivity index (χ3v) is 2.23. The van der Waals surface area contributed by atoms with Gasteiger partial charge in [-0.2, -0.15) is 5.10 Å². The van der Waals surface area contributed by atoms with E-state index in [2.05, 4.69) is 5.10 Å². The largest absolute Gasteiger partial charge is 0.481 e. The number of aliphatic carboxylic acids is 1. The van der Waals surface area contributed by atoms with Gasteiger partial charge in [0.15, 0.2) is 5.78 Å². The first-order chi connectivity index (χ1) is 6.91. The van der Waals surface area contributed by atoms with E-state index in [0.29, 0.717) is 11.3 Å². The number of carboxylic acids is 1. The number of hydrogen-bond donors (Lipinski definition) is 1. The number of Topliss-reactive ketones (excluding diaryl/α,β-unsaturated/α-hetero) is 1. The summed E-state index contributed by atoms with van der Waals surface area (Å²) in [4.78, 5) is 22.3. The molecular formula is C10H14N2O3. The standard InChI is InChI=1S/C10H14N2O3/c1-6(10(14)15)4-9(13)8-5-12(3)11-7(8)2/h5-6H,4H2,1-3H3,(H,14,15). The lowest BCUT2D eigenvalue weighted by Crippen LogP contribution is -2.14. The summed E-state index contributed by atoms with van der Waals surface area (Å²) in [5, 5.41) is 12.7. The van der Waals surface area contributed by atoms with E-state index in [1.54, 1.807) is 24.9 Å². The Morgan fingerprint density at radius 2 is 2.20 bits per heavy atom. The van der Waals surface area contributed by atoms with Crippen molar-refractivity contribution in [3.8, 4) is 0 Å². The smallest absolute Gasteiger partial charge is 0.306 e. The molecule has 1 rings (SSSR count). The molecule has 0 aromatic carbocycles. The van der Waals surface area contributed by atoms with Gasteiger partial charge < -0.3 is 5.11 Å². The first kappa shape index (κ1) is 11.4. The molecular weight excluding hydrogens is 196 g/mol. The molecule has 82 valence electrons. The summed E-state index contributed by atoms with van der Waals surface area (Å²) in [5.41, 5.74) is 1.14. The zero-order valence-electron chi connectivity index (χ0n) is 9.02.